The lowest BCUT2D eigenvalue weighted by Crippen LogP contribution is -2.20. The molecule has 1 fully saturated rings. The van der Waals surface area contributed by atoms with Crippen molar-refractivity contribution in [2.75, 3.05) is 13.7 Å². The Morgan fingerprint density at radius 3 is 2.75 bits per heavy atom. The standard InChI is InChI=1S/C13H19NO2/c1-15-12-7-3-6-11(8-14)13(12)16-9-10-4-2-5-10/h3,6-7,10H,2,4-5,8-9,14H2,1H3. The minimum absolute atomic E-state index is 0.483. The predicted octanol–water partition coefficient (Wildman–Crippen LogP) is 2.33. The van der Waals surface area contributed by atoms with Crippen molar-refractivity contribution in [3.8, 4) is 11.5 Å². The van der Waals surface area contributed by atoms with Crippen molar-refractivity contribution < 1.29 is 9.47 Å². The summed E-state index contributed by atoms with van der Waals surface area (Å²) in [6, 6.07) is 5.84. The fourth-order valence-corrected chi connectivity index (χ4v) is 1.91. The van der Waals surface area contributed by atoms with Crippen molar-refractivity contribution >= 4 is 0 Å². The second-order valence-corrected chi connectivity index (χ2v) is 4.26. The summed E-state index contributed by atoms with van der Waals surface area (Å²) in [5.41, 5.74) is 6.70. The lowest BCUT2D eigenvalue weighted by molar-refractivity contribution is 0.174. The molecule has 0 saturated heterocycles. The van der Waals surface area contributed by atoms with Crippen LogP contribution < -0.4 is 15.2 Å². The molecular weight excluding hydrogens is 202 g/mol. The number of hydrogen-bond acceptors (Lipinski definition) is 3. The normalized spacial score (nSPS) is 15.6. The predicted molar refractivity (Wildman–Crippen MR) is 63.7 cm³/mol. The summed E-state index contributed by atoms with van der Waals surface area (Å²) < 4.78 is 11.1. The van der Waals surface area contributed by atoms with E-state index in [2.05, 4.69) is 0 Å². The molecule has 1 saturated carbocycles. The van der Waals surface area contributed by atoms with E-state index < -0.39 is 0 Å². The Kier molecular flexibility index (Phi) is 3.67. The molecule has 1 aromatic rings. The van der Waals surface area contributed by atoms with Crippen LogP contribution >= 0.6 is 0 Å². The molecule has 16 heavy (non-hydrogen) atoms. The topological polar surface area (TPSA) is 44.5 Å². The molecular formula is C13H19NO2. The Morgan fingerprint density at radius 2 is 2.19 bits per heavy atom. The molecule has 0 radical (unpaired) electrons. The second kappa shape index (κ2) is 5.21. The van der Waals surface area contributed by atoms with Crippen LogP contribution in [0.5, 0.6) is 11.5 Å². The Labute approximate surface area is 96.5 Å². The minimum Gasteiger partial charge on any atom is -0.493 e. The van der Waals surface area contributed by atoms with Gasteiger partial charge < -0.3 is 15.2 Å². The van der Waals surface area contributed by atoms with Gasteiger partial charge in [0, 0.05) is 12.1 Å². The van der Waals surface area contributed by atoms with Gasteiger partial charge in [-0.25, -0.2) is 0 Å². The van der Waals surface area contributed by atoms with Gasteiger partial charge in [-0.3, -0.25) is 0 Å². The van der Waals surface area contributed by atoms with E-state index in [-0.39, 0.29) is 0 Å². The van der Waals surface area contributed by atoms with Gasteiger partial charge in [0.1, 0.15) is 0 Å². The maximum atomic E-state index is 5.85. The number of rotatable bonds is 5. The summed E-state index contributed by atoms with van der Waals surface area (Å²) in [4.78, 5) is 0. The molecule has 0 bridgehead atoms. The van der Waals surface area contributed by atoms with Crippen LogP contribution in [0.1, 0.15) is 24.8 Å². The molecule has 0 spiro atoms. The summed E-state index contributed by atoms with van der Waals surface area (Å²) in [5.74, 6) is 2.32. The average Bonchev–Trinajstić information content (AvgIpc) is 2.27. The average molecular weight is 221 g/mol. The molecule has 0 atom stereocenters. The van der Waals surface area contributed by atoms with Gasteiger partial charge >= 0.3 is 0 Å². The molecule has 2 rings (SSSR count). The van der Waals surface area contributed by atoms with Crippen LogP contribution in [0.15, 0.2) is 18.2 Å². The largest absolute Gasteiger partial charge is 0.493 e. The van der Waals surface area contributed by atoms with E-state index in [1.54, 1.807) is 7.11 Å². The highest BCUT2D eigenvalue weighted by molar-refractivity contribution is 5.46. The van der Waals surface area contributed by atoms with E-state index in [1.807, 2.05) is 18.2 Å². The van der Waals surface area contributed by atoms with Crippen molar-refractivity contribution in [3.05, 3.63) is 23.8 Å². The van der Waals surface area contributed by atoms with Crippen molar-refractivity contribution in [3.63, 3.8) is 0 Å². The molecule has 1 aromatic carbocycles. The Bertz CT molecular complexity index is 326. The molecule has 0 aromatic heterocycles. The Morgan fingerprint density at radius 1 is 1.38 bits per heavy atom. The van der Waals surface area contributed by atoms with Crippen molar-refractivity contribution in [1.82, 2.24) is 0 Å². The highest BCUT2D eigenvalue weighted by Gasteiger charge is 2.19. The van der Waals surface area contributed by atoms with Crippen molar-refractivity contribution in [2.24, 2.45) is 11.7 Å². The zero-order valence-corrected chi connectivity index (χ0v) is 9.74. The maximum Gasteiger partial charge on any atom is 0.165 e. The smallest absolute Gasteiger partial charge is 0.165 e. The Hall–Kier alpha value is -1.22. The van der Waals surface area contributed by atoms with Crippen LogP contribution in [0, 0.1) is 5.92 Å². The van der Waals surface area contributed by atoms with Gasteiger partial charge in [0.15, 0.2) is 11.5 Å². The number of nitrogens with two attached hydrogens (primary N) is 1. The molecule has 3 nitrogen and oxygen atoms in total. The quantitative estimate of drug-likeness (QED) is 0.830. The van der Waals surface area contributed by atoms with Gasteiger partial charge in [-0.15, -0.1) is 0 Å². The van der Waals surface area contributed by atoms with Crippen LogP contribution in [0.3, 0.4) is 0 Å². The number of para-hydroxylation sites is 1. The van der Waals surface area contributed by atoms with E-state index in [1.165, 1.54) is 19.3 Å². The first kappa shape index (κ1) is 11.3. The molecule has 0 amide bonds. The first-order valence-electron chi connectivity index (χ1n) is 5.84. The molecule has 1 aliphatic carbocycles. The highest BCUT2D eigenvalue weighted by Crippen LogP contribution is 2.33. The number of hydrogen-bond donors (Lipinski definition) is 1. The molecule has 3 heteroatoms. The summed E-state index contributed by atoms with van der Waals surface area (Å²) >= 11 is 0. The van der Waals surface area contributed by atoms with Crippen LogP contribution in [-0.2, 0) is 6.54 Å². The summed E-state index contributed by atoms with van der Waals surface area (Å²) in [7, 11) is 1.66. The van der Waals surface area contributed by atoms with Gasteiger partial charge in [0.25, 0.3) is 0 Å². The monoisotopic (exact) mass is 221 g/mol. The third kappa shape index (κ3) is 2.30. The highest BCUT2D eigenvalue weighted by atomic mass is 16.5. The molecule has 0 heterocycles. The number of benzene rings is 1. The summed E-state index contributed by atoms with van der Waals surface area (Å²) in [6.07, 6.45) is 3.91. The first-order valence-corrected chi connectivity index (χ1v) is 5.84. The zero-order chi connectivity index (χ0) is 11.4. The number of ether oxygens (including phenoxy) is 2. The molecule has 0 aliphatic heterocycles. The van der Waals surface area contributed by atoms with Gasteiger partial charge in [0.05, 0.1) is 13.7 Å². The fraction of sp³-hybridized carbons (Fsp3) is 0.538. The summed E-state index contributed by atoms with van der Waals surface area (Å²) in [6.45, 7) is 1.27. The Balaban J connectivity index is 2.08. The molecule has 2 N–H and O–H groups in total. The SMILES string of the molecule is COc1cccc(CN)c1OCC1CCC1. The van der Waals surface area contributed by atoms with Gasteiger partial charge in [-0.1, -0.05) is 18.6 Å². The van der Waals surface area contributed by atoms with E-state index in [4.69, 9.17) is 15.2 Å². The van der Waals surface area contributed by atoms with Crippen LogP contribution in [0.2, 0.25) is 0 Å². The third-order valence-corrected chi connectivity index (χ3v) is 3.19. The van der Waals surface area contributed by atoms with Crippen LogP contribution in [0.4, 0.5) is 0 Å². The fourth-order valence-electron chi connectivity index (χ4n) is 1.91. The van der Waals surface area contributed by atoms with Crippen molar-refractivity contribution in [1.29, 1.82) is 0 Å². The van der Waals surface area contributed by atoms with Crippen molar-refractivity contribution in [2.45, 2.75) is 25.8 Å². The minimum atomic E-state index is 0.483. The van der Waals surface area contributed by atoms with E-state index in [9.17, 15) is 0 Å². The second-order valence-electron chi connectivity index (χ2n) is 4.26. The van der Waals surface area contributed by atoms with Crippen LogP contribution in [-0.4, -0.2) is 13.7 Å². The lowest BCUT2D eigenvalue weighted by atomic mass is 9.86. The maximum absolute atomic E-state index is 5.85. The first-order chi connectivity index (χ1) is 7.85. The molecule has 0 unspecified atom stereocenters. The summed E-state index contributed by atoms with van der Waals surface area (Å²) in [5, 5.41) is 0. The lowest BCUT2D eigenvalue weighted by Gasteiger charge is -2.26. The van der Waals surface area contributed by atoms with Gasteiger partial charge in [-0.2, -0.15) is 0 Å². The van der Waals surface area contributed by atoms with E-state index >= 15 is 0 Å². The zero-order valence-electron chi connectivity index (χ0n) is 9.74. The number of methoxy groups -OCH3 is 1. The van der Waals surface area contributed by atoms with E-state index in [0.29, 0.717) is 6.54 Å². The van der Waals surface area contributed by atoms with E-state index in [0.717, 1.165) is 29.6 Å². The van der Waals surface area contributed by atoms with Gasteiger partial charge in [-0.05, 0) is 24.8 Å². The van der Waals surface area contributed by atoms with Gasteiger partial charge in [0.2, 0.25) is 0 Å². The molecule has 88 valence electrons. The van der Waals surface area contributed by atoms with Crippen LogP contribution in [0.25, 0.3) is 0 Å². The third-order valence-electron chi connectivity index (χ3n) is 3.19. The molecule has 1 aliphatic rings.